The molecule has 0 saturated heterocycles. The Hall–Kier alpha value is -1.16. The van der Waals surface area contributed by atoms with Crippen LogP contribution in [-0.2, 0) is 4.74 Å². The molecular weight excluding hydrogens is 185 g/mol. The van der Waals surface area contributed by atoms with Crippen LogP contribution in [0.4, 0.5) is 4.39 Å². The SMILES string of the molecule is COC(=O)c1cc(F)ncc1Cl. The Kier molecular flexibility index (Phi) is 2.60. The van der Waals surface area contributed by atoms with Crippen LogP contribution in [0, 0.1) is 5.95 Å². The molecule has 0 atom stereocenters. The van der Waals surface area contributed by atoms with Crippen molar-refractivity contribution in [1.82, 2.24) is 4.98 Å². The third kappa shape index (κ3) is 1.71. The Labute approximate surface area is 73.1 Å². The maximum Gasteiger partial charge on any atom is 0.339 e. The topological polar surface area (TPSA) is 39.2 Å². The van der Waals surface area contributed by atoms with E-state index < -0.39 is 11.9 Å². The first kappa shape index (κ1) is 8.93. The smallest absolute Gasteiger partial charge is 0.339 e. The fraction of sp³-hybridized carbons (Fsp3) is 0.143. The first-order valence-electron chi connectivity index (χ1n) is 3.04. The molecule has 0 spiro atoms. The first-order valence-corrected chi connectivity index (χ1v) is 3.42. The summed E-state index contributed by atoms with van der Waals surface area (Å²) in [6.45, 7) is 0. The summed E-state index contributed by atoms with van der Waals surface area (Å²) in [6, 6.07) is 0.925. The molecule has 64 valence electrons. The highest BCUT2D eigenvalue weighted by Gasteiger charge is 2.11. The largest absolute Gasteiger partial charge is 0.465 e. The Morgan fingerprint density at radius 3 is 3.00 bits per heavy atom. The lowest BCUT2D eigenvalue weighted by molar-refractivity contribution is 0.0600. The van der Waals surface area contributed by atoms with Crippen molar-refractivity contribution in [3.05, 3.63) is 28.8 Å². The van der Waals surface area contributed by atoms with E-state index in [-0.39, 0.29) is 10.6 Å². The van der Waals surface area contributed by atoms with Crippen LogP contribution in [0.2, 0.25) is 5.02 Å². The van der Waals surface area contributed by atoms with Gasteiger partial charge in [-0.15, -0.1) is 0 Å². The van der Waals surface area contributed by atoms with Crippen LogP contribution >= 0.6 is 11.6 Å². The van der Waals surface area contributed by atoms with Gasteiger partial charge in [-0.3, -0.25) is 0 Å². The van der Waals surface area contributed by atoms with E-state index in [4.69, 9.17) is 11.6 Å². The Bertz CT molecular complexity index is 316. The van der Waals surface area contributed by atoms with E-state index >= 15 is 0 Å². The van der Waals surface area contributed by atoms with Crippen LogP contribution in [0.5, 0.6) is 0 Å². The zero-order valence-corrected chi connectivity index (χ0v) is 6.93. The third-order valence-corrected chi connectivity index (χ3v) is 1.53. The van der Waals surface area contributed by atoms with Crippen molar-refractivity contribution in [2.24, 2.45) is 0 Å². The van der Waals surface area contributed by atoms with Gasteiger partial charge in [0.15, 0.2) is 0 Å². The zero-order valence-electron chi connectivity index (χ0n) is 6.17. The van der Waals surface area contributed by atoms with Crippen molar-refractivity contribution in [2.45, 2.75) is 0 Å². The van der Waals surface area contributed by atoms with Gasteiger partial charge in [-0.2, -0.15) is 4.39 Å². The summed E-state index contributed by atoms with van der Waals surface area (Å²) in [6.07, 6.45) is 1.06. The molecule has 0 N–H and O–H groups in total. The Morgan fingerprint density at radius 1 is 1.75 bits per heavy atom. The minimum absolute atomic E-state index is 0.0216. The maximum absolute atomic E-state index is 12.5. The number of rotatable bonds is 1. The number of esters is 1. The van der Waals surface area contributed by atoms with Crippen LogP contribution in [-0.4, -0.2) is 18.1 Å². The van der Waals surface area contributed by atoms with Crippen molar-refractivity contribution in [1.29, 1.82) is 0 Å². The molecule has 3 nitrogen and oxygen atoms in total. The van der Waals surface area contributed by atoms with Crippen molar-refractivity contribution in [3.8, 4) is 0 Å². The van der Waals surface area contributed by atoms with E-state index in [0.717, 1.165) is 12.3 Å². The summed E-state index contributed by atoms with van der Waals surface area (Å²) < 4.78 is 16.8. The second-order valence-corrected chi connectivity index (χ2v) is 2.39. The second kappa shape index (κ2) is 3.49. The van der Waals surface area contributed by atoms with Crippen molar-refractivity contribution >= 4 is 17.6 Å². The number of nitrogens with zero attached hydrogens (tertiary/aromatic N) is 1. The fourth-order valence-corrected chi connectivity index (χ4v) is 0.860. The lowest BCUT2D eigenvalue weighted by Crippen LogP contribution is -2.03. The van der Waals surface area contributed by atoms with Crippen LogP contribution < -0.4 is 0 Å². The van der Waals surface area contributed by atoms with Gasteiger partial charge in [-0.05, 0) is 0 Å². The molecule has 1 heterocycles. The molecule has 0 aliphatic rings. The van der Waals surface area contributed by atoms with Gasteiger partial charge in [0.25, 0.3) is 0 Å². The zero-order chi connectivity index (χ0) is 9.14. The second-order valence-electron chi connectivity index (χ2n) is 1.98. The minimum Gasteiger partial charge on any atom is -0.465 e. The molecule has 0 aliphatic heterocycles. The van der Waals surface area contributed by atoms with Crippen molar-refractivity contribution in [3.63, 3.8) is 0 Å². The summed E-state index contributed by atoms with van der Waals surface area (Å²) in [7, 11) is 1.19. The number of methoxy groups -OCH3 is 1. The number of hydrogen-bond acceptors (Lipinski definition) is 3. The lowest BCUT2D eigenvalue weighted by Gasteiger charge is -2.00. The van der Waals surface area contributed by atoms with E-state index in [1.807, 2.05) is 0 Å². The maximum atomic E-state index is 12.5. The van der Waals surface area contributed by atoms with Crippen LogP contribution in [0.3, 0.4) is 0 Å². The molecule has 0 saturated carbocycles. The molecule has 5 heteroatoms. The number of carbonyl (C=O) groups is 1. The van der Waals surface area contributed by atoms with Crippen LogP contribution in [0.1, 0.15) is 10.4 Å². The van der Waals surface area contributed by atoms with E-state index in [9.17, 15) is 9.18 Å². The molecule has 0 aliphatic carbocycles. The fourth-order valence-electron chi connectivity index (χ4n) is 0.680. The molecule has 1 aromatic rings. The van der Waals surface area contributed by atoms with Crippen molar-refractivity contribution < 1.29 is 13.9 Å². The number of aromatic nitrogens is 1. The van der Waals surface area contributed by atoms with Gasteiger partial charge < -0.3 is 4.74 Å². The number of halogens is 2. The van der Waals surface area contributed by atoms with Gasteiger partial charge in [0, 0.05) is 12.3 Å². The van der Waals surface area contributed by atoms with E-state index in [2.05, 4.69) is 9.72 Å². The van der Waals surface area contributed by atoms with E-state index in [1.54, 1.807) is 0 Å². The van der Waals surface area contributed by atoms with E-state index in [0.29, 0.717) is 0 Å². The number of hydrogen-bond donors (Lipinski definition) is 0. The minimum atomic E-state index is -0.764. The summed E-state index contributed by atoms with van der Waals surface area (Å²) in [4.78, 5) is 14.1. The number of ether oxygens (including phenoxy) is 1. The van der Waals surface area contributed by atoms with Gasteiger partial charge in [0.1, 0.15) is 0 Å². The standard InChI is InChI=1S/C7H5ClFNO2/c1-12-7(11)4-2-6(9)10-3-5(4)8/h2-3H,1H3. The predicted molar refractivity (Wildman–Crippen MR) is 40.5 cm³/mol. The molecule has 0 unspecified atom stereocenters. The summed E-state index contributed by atoms with van der Waals surface area (Å²) in [5.74, 6) is -1.44. The third-order valence-electron chi connectivity index (χ3n) is 1.23. The van der Waals surface area contributed by atoms with Crippen molar-refractivity contribution in [2.75, 3.05) is 7.11 Å². The first-order chi connectivity index (χ1) is 5.65. The van der Waals surface area contributed by atoms with Crippen LogP contribution in [0.15, 0.2) is 12.3 Å². The molecule has 1 aromatic heterocycles. The highest BCUT2D eigenvalue weighted by molar-refractivity contribution is 6.33. The highest BCUT2D eigenvalue weighted by Crippen LogP contribution is 2.15. The summed E-state index contributed by atoms with van der Waals surface area (Å²) >= 11 is 5.54. The summed E-state index contributed by atoms with van der Waals surface area (Å²) in [5, 5.41) is 0.0725. The molecule has 0 bridgehead atoms. The molecule has 0 fully saturated rings. The van der Waals surface area contributed by atoms with Gasteiger partial charge >= 0.3 is 5.97 Å². The molecule has 1 rings (SSSR count). The predicted octanol–water partition coefficient (Wildman–Crippen LogP) is 1.66. The molecular formula is C7H5ClFNO2. The quantitative estimate of drug-likeness (QED) is 0.498. The number of carbonyl (C=O) groups excluding carboxylic acids is 1. The average molecular weight is 190 g/mol. The van der Waals surface area contributed by atoms with Crippen LogP contribution in [0.25, 0.3) is 0 Å². The van der Waals surface area contributed by atoms with E-state index in [1.165, 1.54) is 7.11 Å². The Morgan fingerprint density at radius 2 is 2.42 bits per heavy atom. The molecule has 0 aromatic carbocycles. The van der Waals surface area contributed by atoms with Gasteiger partial charge in [0.2, 0.25) is 5.95 Å². The Balaban J connectivity index is 3.13. The van der Waals surface area contributed by atoms with Gasteiger partial charge in [0.05, 0.1) is 17.7 Å². The number of pyridine rings is 1. The monoisotopic (exact) mass is 189 g/mol. The lowest BCUT2D eigenvalue weighted by atomic mass is 10.3. The molecule has 0 amide bonds. The normalized spacial score (nSPS) is 9.58. The van der Waals surface area contributed by atoms with Gasteiger partial charge in [-0.25, -0.2) is 9.78 Å². The van der Waals surface area contributed by atoms with Gasteiger partial charge in [-0.1, -0.05) is 11.6 Å². The average Bonchev–Trinajstić information content (AvgIpc) is 2.08. The molecule has 12 heavy (non-hydrogen) atoms. The highest BCUT2D eigenvalue weighted by atomic mass is 35.5. The molecule has 0 radical (unpaired) electrons. The summed E-state index contributed by atoms with van der Waals surface area (Å²) in [5.41, 5.74) is -0.0216.